The van der Waals surface area contributed by atoms with E-state index in [1.54, 1.807) is 4.90 Å². The SMILES string of the molecule is CC(C)N(C(=O)/C(=C/C#N)c1ccccc1)C(C)C. The van der Waals surface area contributed by atoms with Crippen LogP contribution in [0.2, 0.25) is 0 Å². The second-order valence-corrected chi connectivity index (χ2v) is 4.95. The fraction of sp³-hybridized carbons (Fsp3) is 0.375. The van der Waals surface area contributed by atoms with Crippen molar-refractivity contribution in [2.24, 2.45) is 0 Å². The van der Waals surface area contributed by atoms with Gasteiger partial charge in [-0.3, -0.25) is 4.79 Å². The number of carbonyl (C=O) groups is 1. The van der Waals surface area contributed by atoms with E-state index in [1.165, 1.54) is 6.08 Å². The molecule has 1 amide bonds. The van der Waals surface area contributed by atoms with Gasteiger partial charge in [-0.25, -0.2) is 0 Å². The van der Waals surface area contributed by atoms with E-state index in [-0.39, 0.29) is 18.0 Å². The van der Waals surface area contributed by atoms with Crippen molar-refractivity contribution < 1.29 is 4.79 Å². The summed E-state index contributed by atoms with van der Waals surface area (Å²) in [6, 6.07) is 11.5. The smallest absolute Gasteiger partial charge is 0.255 e. The Morgan fingerprint density at radius 3 is 2.11 bits per heavy atom. The van der Waals surface area contributed by atoms with Crippen molar-refractivity contribution in [3.8, 4) is 6.07 Å². The van der Waals surface area contributed by atoms with Gasteiger partial charge in [-0.05, 0) is 33.3 Å². The quantitative estimate of drug-likeness (QED) is 0.613. The monoisotopic (exact) mass is 256 g/mol. The summed E-state index contributed by atoms with van der Waals surface area (Å²) in [5.74, 6) is -0.0993. The lowest BCUT2D eigenvalue weighted by Crippen LogP contribution is -2.42. The molecule has 0 fully saturated rings. The summed E-state index contributed by atoms with van der Waals surface area (Å²) in [7, 11) is 0. The molecule has 1 rings (SSSR count). The minimum absolute atomic E-state index is 0.0957. The van der Waals surface area contributed by atoms with Gasteiger partial charge in [0.25, 0.3) is 5.91 Å². The lowest BCUT2D eigenvalue weighted by molar-refractivity contribution is -0.128. The van der Waals surface area contributed by atoms with E-state index in [2.05, 4.69) is 0 Å². The summed E-state index contributed by atoms with van der Waals surface area (Å²) < 4.78 is 0. The molecule has 0 saturated carbocycles. The van der Waals surface area contributed by atoms with Gasteiger partial charge in [-0.1, -0.05) is 30.3 Å². The average molecular weight is 256 g/mol. The molecular weight excluding hydrogens is 236 g/mol. The van der Waals surface area contributed by atoms with E-state index in [0.29, 0.717) is 5.57 Å². The van der Waals surface area contributed by atoms with Crippen LogP contribution in [0.1, 0.15) is 33.3 Å². The lowest BCUT2D eigenvalue weighted by atomic mass is 10.0. The van der Waals surface area contributed by atoms with Crippen LogP contribution >= 0.6 is 0 Å². The van der Waals surface area contributed by atoms with Crippen molar-refractivity contribution in [3.05, 3.63) is 42.0 Å². The van der Waals surface area contributed by atoms with Gasteiger partial charge in [0.05, 0.1) is 11.6 Å². The highest BCUT2D eigenvalue weighted by Gasteiger charge is 2.24. The number of nitrogens with zero attached hydrogens (tertiary/aromatic N) is 2. The number of carbonyl (C=O) groups excluding carboxylic acids is 1. The van der Waals surface area contributed by atoms with Crippen molar-refractivity contribution in [1.29, 1.82) is 5.26 Å². The second kappa shape index (κ2) is 6.75. The van der Waals surface area contributed by atoms with Crippen molar-refractivity contribution in [3.63, 3.8) is 0 Å². The molecule has 19 heavy (non-hydrogen) atoms. The van der Waals surface area contributed by atoms with Gasteiger partial charge in [0, 0.05) is 18.2 Å². The normalized spacial score (nSPS) is 11.5. The van der Waals surface area contributed by atoms with E-state index in [1.807, 2.05) is 64.1 Å². The highest BCUT2D eigenvalue weighted by molar-refractivity contribution is 6.20. The number of amides is 1. The Kier molecular flexibility index (Phi) is 5.32. The summed E-state index contributed by atoms with van der Waals surface area (Å²) >= 11 is 0. The van der Waals surface area contributed by atoms with Crippen LogP contribution < -0.4 is 0 Å². The van der Waals surface area contributed by atoms with Crippen LogP contribution in [-0.4, -0.2) is 22.9 Å². The zero-order valence-corrected chi connectivity index (χ0v) is 11.9. The van der Waals surface area contributed by atoms with Gasteiger partial charge >= 0.3 is 0 Å². The third-order valence-electron chi connectivity index (χ3n) is 2.87. The van der Waals surface area contributed by atoms with Gasteiger partial charge in [-0.15, -0.1) is 0 Å². The Morgan fingerprint density at radius 1 is 1.16 bits per heavy atom. The third-order valence-corrected chi connectivity index (χ3v) is 2.87. The summed E-state index contributed by atoms with van der Waals surface area (Å²) in [6.45, 7) is 7.92. The van der Waals surface area contributed by atoms with Crippen LogP contribution in [0.5, 0.6) is 0 Å². The van der Waals surface area contributed by atoms with E-state index in [9.17, 15) is 4.79 Å². The van der Waals surface area contributed by atoms with Gasteiger partial charge in [0.15, 0.2) is 0 Å². The second-order valence-electron chi connectivity index (χ2n) is 4.95. The number of allylic oxidation sites excluding steroid dienone is 1. The topological polar surface area (TPSA) is 44.1 Å². The molecule has 3 heteroatoms. The minimum Gasteiger partial charge on any atom is -0.334 e. The first-order valence-corrected chi connectivity index (χ1v) is 6.47. The van der Waals surface area contributed by atoms with Crippen molar-refractivity contribution in [2.45, 2.75) is 39.8 Å². The summed E-state index contributed by atoms with van der Waals surface area (Å²) in [5.41, 5.74) is 1.23. The fourth-order valence-electron chi connectivity index (χ4n) is 2.16. The third kappa shape index (κ3) is 3.69. The summed E-state index contributed by atoms with van der Waals surface area (Å²) in [5, 5.41) is 8.91. The average Bonchev–Trinajstić information content (AvgIpc) is 2.36. The Morgan fingerprint density at radius 2 is 1.68 bits per heavy atom. The Labute approximate surface area is 115 Å². The van der Waals surface area contributed by atoms with E-state index < -0.39 is 0 Å². The molecule has 0 aliphatic heterocycles. The van der Waals surface area contributed by atoms with Crippen LogP contribution in [0.3, 0.4) is 0 Å². The highest BCUT2D eigenvalue weighted by Crippen LogP contribution is 2.20. The van der Waals surface area contributed by atoms with Crippen LogP contribution in [0.4, 0.5) is 0 Å². The first-order chi connectivity index (χ1) is 8.99. The molecule has 3 nitrogen and oxygen atoms in total. The molecule has 0 aromatic heterocycles. The van der Waals surface area contributed by atoms with Gasteiger partial charge < -0.3 is 4.90 Å². The molecule has 0 aliphatic carbocycles. The zero-order chi connectivity index (χ0) is 14.4. The maximum absolute atomic E-state index is 12.6. The van der Waals surface area contributed by atoms with Crippen molar-refractivity contribution in [1.82, 2.24) is 4.90 Å². The molecule has 0 bridgehead atoms. The molecule has 0 radical (unpaired) electrons. The maximum Gasteiger partial charge on any atom is 0.255 e. The van der Waals surface area contributed by atoms with Crippen molar-refractivity contribution >= 4 is 11.5 Å². The number of rotatable bonds is 4. The lowest BCUT2D eigenvalue weighted by Gasteiger charge is -2.31. The van der Waals surface area contributed by atoms with E-state index in [0.717, 1.165) is 5.56 Å². The molecule has 0 aliphatic rings. The van der Waals surface area contributed by atoms with Gasteiger partial charge in [-0.2, -0.15) is 5.26 Å². The maximum atomic E-state index is 12.6. The largest absolute Gasteiger partial charge is 0.334 e. The molecule has 0 N–H and O–H groups in total. The number of hydrogen-bond donors (Lipinski definition) is 0. The molecule has 1 aromatic carbocycles. The van der Waals surface area contributed by atoms with E-state index >= 15 is 0 Å². The predicted molar refractivity (Wildman–Crippen MR) is 77.2 cm³/mol. The Balaban J connectivity index is 3.19. The Hall–Kier alpha value is -2.08. The van der Waals surface area contributed by atoms with Crippen LogP contribution in [0, 0.1) is 11.3 Å². The highest BCUT2D eigenvalue weighted by atomic mass is 16.2. The molecule has 0 atom stereocenters. The van der Waals surface area contributed by atoms with Crippen LogP contribution in [0.15, 0.2) is 36.4 Å². The molecule has 0 saturated heterocycles. The van der Waals surface area contributed by atoms with Crippen LogP contribution in [-0.2, 0) is 4.79 Å². The molecule has 0 spiro atoms. The van der Waals surface area contributed by atoms with Crippen molar-refractivity contribution in [2.75, 3.05) is 0 Å². The van der Waals surface area contributed by atoms with Crippen LogP contribution in [0.25, 0.3) is 5.57 Å². The minimum atomic E-state index is -0.0993. The number of benzene rings is 1. The predicted octanol–water partition coefficient (Wildman–Crippen LogP) is 3.24. The van der Waals surface area contributed by atoms with Gasteiger partial charge in [0.1, 0.15) is 0 Å². The van der Waals surface area contributed by atoms with E-state index in [4.69, 9.17) is 5.26 Å². The standard InChI is InChI=1S/C16H20N2O/c1-12(2)18(13(3)4)16(19)15(10-11-17)14-8-6-5-7-9-14/h5-10,12-13H,1-4H3/b15-10+. The molecule has 1 aromatic rings. The Bertz CT molecular complexity index is 487. The summed E-state index contributed by atoms with van der Waals surface area (Å²) in [6.07, 6.45) is 1.33. The number of nitriles is 1. The zero-order valence-electron chi connectivity index (χ0n) is 11.9. The molecule has 100 valence electrons. The number of hydrogen-bond acceptors (Lipinski definition) is 2. The molecule has 0 unspecified atom stereocenters. The van der Waals surface area contributed by atoms with Gasteiger partial charge in [0.2, 0.25) is 0 Å². The first kappa shape index (κ1) is 15.0. The first-order valence-electron chi connectivity index (χ1n) is 6.47. The fourth-order valence-corrected chi connectivity index (χ4v) is 2.16. The summed E-state index contributed by atoms with van der Waals surface area (Å²) in [4.78, 5) is 14.4. The molecule has 0 heterocycles. The molecular formula is C16H20N2O.